The number of nitrogens with zero attached hydrogens (tertiary/aromatic N) is 1. The van der Waals surface area contributed by atoms with Crippen LogP contribution >= 0.6 is 0 Å². The molecular weight excluding hydrogens is 380 g/mol. The van der Waals surface area contributed by atoms with Gasteiger partial charge in [-0.25, -0.2) is 0 Å². The van der Waals surface area contributed by atoms with Gasteiger partial charge in [-0.05, 0) is 133 Å². The average Bonchev–Trinajstić information content (AvgIpc) is 3.04. The molecule has 0 aromatic rings. The normalized spacial score (nSPS) is 45.3. The summed E-state index contributed by atoms with van der Waals surface area (Å²) in [4.78, 5) is 14.8. The van der Waals surface area contributed by atoms with Gasteiger partial charge in [-0.15, -0.1) is 0 Å². The van der Waals surface area contributed by atoms with Gasteiger partial charge in [0.1, 0.15) is 0 Å². The van der Waals surface area contributed by atoms with E-state index in [0.29, 0.717) is 22.9 Å². The third kappa shape index (κ3) is 4.02. The third-order valence-electron chi connectivity index (χ3n) is 10.9. The van der Waals surface area contributed by atoms with Gasteiger partial charge in [-0.2, -0.15) is 0 Å². The first kappa shape index (κ1) is 23.3. The first-order chi connectivity index (χ1) is 14.6. The van der Waals surface area contributed by atoms with Crippen LogP contribution < -0.4 is 5.32 Å². The fraction of sp³-hybridized carbons (Fsp3) is 0.893. The predicted octanol–water partition coefficient (Wildman–Crippen LogP) is 6.05. The van der Waals surface area contributed by atoms with E-state index in [9.17, 15) is 4.79 Å². The van der Waals surface area contributed by atoms with Crippen molar-refractivity contribution in [3.8, 4) is 0 Å². The van der Waals surface area contributed by atoms with Crippen LogP contribution in [0.5, 0.6) is 0 Å². The highest BCUT2D eigenvalue weighted by molar-refractivity contribution is 5.88. The molecule has 4 aliphatic rings. The smallest absolute Gasteiger partial charge is 0.244 e. The fourth-order valence-corrected chi connectivity index (χ4v) is 9.09. The standard InChI is InChI=1S/C28H48N2O/c1-18(2)16-26(31)29-21-12-14-27(4)20(17-21)8-9-22-24-11-10-23(19(3)30(6)7)28(24,5)15-13-25(22)27/h16,19-25H,8-15,17H2,1-7H3,(H,29,31)/t19-,20-,21+,22-,23+,24-,25-,27-,28+/m0/s1. The van der Waals surface area contributed by atoms with E-state index < -0.39 is 0 Å². The Kier molecular flexibility index (Phi) is 6.40. The molecule has 3 heteroatoms. The highest BCUT2D eigenvalue weighted by Gasteiger charge is 2.60. The quantitative estimate of drug-likeness (QED) is 0.553. The number of nitrogens with one attached hydrogen (secondary N) is 1. The summed E-state index contributed by atoms with van der Waals surface area (Å²) in [7, 11) is 4.54. The molecule has 4 rings (SSSR count). The van der Waals surface area contributed by atoms with E-state index in [4.69, 9.17) is 0 Å². The first-order valence-electron chi connectivity index (χ1n) is 13.2. The van der Waals surface area contributed by atoms with E-state index in [1.165, 1.54) is 57.8 Å². The SMILES string of the molecule is CC(C)=CC(=O)N[C@@H]1CC[C@@]2(C)[C@@H](CC[C@@H]3[C@@H]2CC[C@]2(C)[C@@H]([C@H](C)N(C)C)CC[C@@H]32)C1. The summed E-state index contributed by atoms with van der Waals surface area (Å²) >= 11 is 0. The highest BCUT2D eigenvalue weighted by Crippen LogP contribution is 2.67. The van der Waals surface area contributed by atoms with Crippen molar-refractivity contribution in [1.29, 1.82) is 0 Å². The molecule has 4 fully saturated rings. The van der Waals surface area contributed by atoms with Gasteiger partial charge in [-0.3, -0.25) is 4.79 Å². The minimum Gasteiger partial charge on any atom is -0.350 e. The van der Waals surface area contributed by atoms with Crippen LogP contribution in [0.15, 0.2) is 11.6 Å². The van der Waals surface area contributed by atoms with Gasteiger partial charge in [0.2, 0.25) is 5.91 Å². The Morgan fingerprint density at radius 2 is 1.65 bits per heavy atom. The van der Waals surface area contributed by atoms with Crippen molar-refractivity contribution in [2.24, 2.45) is 40.4 Å². The number of hydrogen-bond acceptors (Lipinski definition) is 2. The number of hydrogen-bond donors (Lipinski definition) is 1. The lowest BCUT2D eigenvalue weighted by Crippen LogP contribution is -2.56. The van der Waals surface area contributed by atoms with E-state index >= 15 is 0 Å². The average molecular weight is 429 g/mol. The number of fused-ring (bicyclic) bond motifs is 5. The monoisotopic (exact) mass is 428 g/mol. The van der Waals surface area contributed by atoms with Crippen LogP contribution in [0.3, 0.4) is 0 Å². The third-order valence-corrected chi connectivity index (χ3v) is 10.9. The van der Waals surface area contributed by atoms with Crippen molar-refractivity contribution in [2.45, 2.75) is 104 Å². The number of carbonyl (C=O) groups excluding carboxylic acids is 1. The Labute approximate surface area is 191 Å². The second-order valence-electron chi connectivity index (χ2n) is 12.8. The molecule has 0 saturated heterocycles. The molecule has 4 aliphatic carbocycles. The molecule has 0 bridgehead atoms. The molecule has 0 aromatic heterocycles. The van der Waals surface area contributed by atoms with Gasteiger partial charge >= 0.3 is 0 Å². The number of allylic oxidation sites excluding steroid dienone is 1. The molecule has 3 nitrogen and oxygen atoms in total. The fourth-order valence-electron chi connectivity index (χ4n) is 9.09. The second-order valence-corrected chi connectivity index (χ2v) is 12.8. The molecular formula is C28H48N2O. The molecule has 0 radical (unpaired) electrons. The van der Waals surface area contributed by atoms with Gasteiger partial charge in [0.15, 0.2) is 0 Å². The van der Waals surface area contributed by atoms with Crippen molar-refractivity contribution < 1.29 is 4.79 Å². The molecule has 0 heterocycles. The molecule has 0 unspecified atom stereocenters. The summed E-state index contributed by atoms with van der Waals surface area (Å²) < 4.78 is 0. The van der Waals surface area contributed by atoms with Gasteiger partial charge < -0.3 is 10.2 Å². The minimum atomic E-state index is 0.114. The highest BCUT2D eigenvalue weighted by atomic mass is 16.1. The second kappa shape index (κ2) is 8.50. The van der Waals surface area contributed by atoms with Crippen LogP contribution in [0.2, 0.25) is 0 Å². The molecule has 0 aliphatic heterocycles. The van der Waals surface area contributed by atoms with Crippen LogP contribution in [0, 0.1) is 40.4 Å². The summed E-state index contributed by atoms with van der Waals surface area (Å²) in [5.74, 6) is 4.55. The molecule has 0 spiro atoms. The zero-order chi connectivity index (χ0) is 22.6. The van der Waals surface area contributed by atoms with Crippen molar-refractivity contribution in [1.82, 2.24) is 10.2 Å². The van der Waals surface area contributed by atoms with Crippen LogP contribution in [0.4, 0.5) is 0 Å². The Morgan fingerprint density at radius 1 is 0.968 bits per heavy atom. The number of rotatable bonds is 4. The predicted molar refractivity (Wildman–Crippen MR) is 130 cm³/mol. The zero-order valence-electron chi connectivity index (χ0n) is 21.3. The molecule has 1 amide bonds. The largest absolute Gasteiger partial charge is 0.350 e. The van der Waals surface area contributed by atoms with Crippen LogP contribution in [-0.2, 0) is 4.79 Å². The Balaban J connectivity index is 1.46. The van der Waals surface area contributed by atoms with Crippen molar-refractivity contribution in [3.63, 3.8) is 0 Å². The Morgan fingerprint density at radius 3 is 2.32 bits per heavy atom. The maximum absolute atomic E-state index is 12.3. The maximum Gasteiger partial charge on any atom is 0.244 e. The summed E-state index contributed by atoms with van der Waals surface area (Å²) in [5, 5.41) is 3.32. The van der Waals surface area contributed by atoms with E-state index in [0.717, 1.165) is 35.2 Å². The van der Waals surface area contributed by atoms with E-state index in [2.05, 4.69) is 45.1 Å². The van der Waals surface area contributed by atoms with Crippen molar-refractivity contribution in [2.75, 3.05) is 14.1 Å². The van der Waals surface area contributed by atoms with Crippen LogP contribution in [-0.4, -0.2) is 37.0 Å². The lowest BCUT2D eigenvalue weighted by Gasteiger charge is -2.61. The number of carbonyl (C=O) groups is 1. The molecule has 0 aromatic carbocycles. The summed E-state index contributed by atoms with van der Waals surface area (Å²) in [6, 6.07) is 1.07. The number of amides is 1. The maximum atomic E-state index is 12.3. The topological polar surface area (TPSA) is 32.3 Å². The lowest BCUT2D eigenvalue weighted by atomic mass is 9.44. The van der Waals surface area contributed by atoms with Crippen molar-refractivity contribution in [3.05, 3.63) is 11.6 Å². The van der Waals surface area contributed by atoms with Crippen LogP contribution in [0.25, 0.3) is 0 Å². The van der Waals surface area contributed by atoms with E-state index in [1.807, 2.05) is 13.8 Å². The zero-order valence-corrected chi connectivity index (χ0v) is 21.3. The molecule has 31 heavy (non-hydrogen) atoms. The molecule has 1 N–H and O–H groups in total. The Bertz CT molecular complexity index is 710. The molecule has 4 saturated carbocycles. The lowest BCUT2D eigenvalue weighted by molar-refractivity contribution is -0.125. The van der Waals surface area contributed by atoms with Gasteiger partial charge in [0.05, 0.1) is 0 Å². The van der Waals surface area contributed by atoms with Gasteiger partial charge in [-0.1, -0.05) is 19.4 Å². The Hall–Kier alpha value is -0.830. The summed E-state index contributed by atoms with van der Waals surface area (Å²) in [6.07, 6.45) is 14.0. The molecule has 9 atom stereocenters. The van der Waals surface area contributed by atoms with E-state index in [-0.39, 0.29) is 5.91 Å². The van der Waals surface area contributed by atoms with Crippen LogP contribution in [0.1, 0.15) is 92.4 Å². The van der Waals surface area contributed by atoms with Gasteiger partial charge in [0, 0.05) is 18.2 Å². The molecule has 176 valence electrons. The summed E-state index contributed by atoms with van der Waals surface area (Å²) in [5.41, 5.74) is 2.12. The first-order valence-corrected chi connectivity index (χ1v) is 13.2. The van der Waals surface area contributed by atoms with Crippen molar-refractivity contribution >= 4 is 5.91 Å². The van der Waals surface area contributed by atoms with E-state index in [1.54, 1.807) is 6.08 Å². The van der Waals surface area contributed by atoms with Gasteiger partial charge in [0.25, 0.3) is 0 Å². The minimum absolute atomic E-state index is 0.114. The summed E-state index contributed by atoms with van der Waals surface area (Å²) in [6.45, 7) is 11.8.